The second kappa shape index (κ2) is 7.08. The van der Waals surface area contributed by atoms with Crippen LogP contribution in [0.2, 0.25) is 0 Å². The standard InChI is InChI=1S/C15H22N4O2/c1-5-19-15(17-10-18-19)9-21-14-8-12(20-4)6-7-13(14)11(2)16-3/h6-8,10-11,16H,5,9H2,1-4H3. The molecule has 2 rings (SSSR count). The first kappa shape index (κ1) is 15.3. The van der Waals surface area contributed by atoms with Gasteiger partial charge in [-0.2, -0.15) is 5.10 Å². The average molecular weight is 290 g/mol. The van der Waals surface area contributed by atoms with Crippen LogP contribution in [0.15, 0.2) is 24.5 Å². The van der Waals surface area contributed by atoms with Gasteiger partial charge in [0.2, 0.25) is 0 Å². The summed E-state index contributed by atoms with van der Waals surface area (Å²) >= 11 is 0. The molecule has 0 aliphatic carbocycles. The fourth-order valence-corrected chi connectivity index (χ4v) is 2.09. The number of ether oxygens (including phenoxy) is 2. The first-order valence-corrected chi connectivity index (χ1v) is 7.04. The number of aryl methyl sites for hydroxylation is 1. The number of aromatic nitrogens is 3. The monoisotopic (exact) mass is 290 g/mol. The topological polar surface area (TPSA) is 61.2 Å². The maximum absolute atomic E-state index is 5.95. The van der Waals surface area contributed by atoms with Crippen molar-refractivity contribution >= 4 is 0 Å². The molecule has 1 N–H and O–H groups in total. The van der Waals surface area contributed by atoms with Crippen molar-refractivity contribution in [1.82, 2.24) is 20.1 Å². The van der Waals surface area contributed by atoms with Crippen LogP contribution in [0, 0.1) is 0 Å². The van der Waals surface area contributed by atoms with Gasteiger partial charge >= 0.3 is 0 Å². The third-order valence-corrected chi connectivity index (χ3v) is 3.47. The van der Waals surface area contributed by atoms with Crippen molar-refractivity contribution in [2.75, 3.05) is 14.2 Å². The number of nitrogens with one attached hydrogen (secondary N) is 1. The fraction of sp³-hybridized carbons (Fsp3) is 0.467. The van der Waals surface area contributed by atoms with Crippen molar-refractivity contribution in [2.24, 2.45) is 0 Å². The molecule has 0 saturated carbocycles. The van der Waals surface area contributed by atoms with Gasteiger partial charge in [0.25, 0.3) is 0 Å². The van der Waals surface area contributed by atoms with E-state index in [1.807, 2.05) is 36.9 Å². The zero-order valence-electron chi connectivity index (χ0n) is 13.0. The highest BCUT2D eigenvalue weighted by molar-refractivity contribution is 5.42. The number of benzene rings is 1. The minimum atomic E-state index is 0.190. The summed E-state index contributed by atoms with van der Waals surface area (Å²) in [4.78, 5) is 4.22. The van der Waals surface area contributed by atoms with Crippen LogP contribution in [-0.4, -0.2) is 28.9 Å². The molecule has 114 valence electrons. The molecular weight excluding hydrogens is 268 g/mol. The molecule has 1 unspecified atom stereocenters. The zero-order chi connectivity index (χ0) is 15.2. The lowest BCUT2D eigenvalue weighted by atomic mass is 10.1. The SMILES string of the molecule is CCn1ncnc1COc1cc(OC)ccc1C(C)NC. The van der Waals surface area contributed by atoms with Crippen LogP contribution >= 0.6 is 0 Å². The summed E-state index contributed by atoms with van der Waals surface area (Å²) in [5.74, 6) is 2.37. The molecule has 0 radical (unpaired) electrons. The molecule has 1 heterocycles. The van der Waals surface area contributed by atoms with Gasteiger partial charge in [0, 0.05) is 24.2 Å². The maximum atomic E-state index is 5.95. The summed E-state index contributed by atoms with van der Waals surface area (Å²) in [6.45, 7) is 5.27. The van der Waals surface area contributed by atoms with Crippen LogP contribution in [0.25, 0.3) is 0 Å². The van der Waals surface area contributed by atoms with Gasteiger partial charge in [-0.3, -0.25) is 0 Å². The van der Waals surface area contributed by atoms with Crippen LogP contribution in [-0.2, 0) is 13.2 Å². The highest BCUT2D eigenvalue weighted by Crippen LogP contribution is 2.29. The Hall–Kier alpha value is -2.08. The minimum absolute atomic E-state index is 0.190. The summed E-state index contributed by atoms with van der Waals surface area (Å²) in [5.41, 5.74) is 1.08. The second-order valence-corrected chi connectivity index (χ2v) is 4.69. The number of nitrogens with zero attached hydrogens (tertiary/aromatic N) is 3. The van der Waals surface area contributed by atoms with E-state index in [0.717, 1.165) is 29.4 Å². The first-order chi connectivity index (χ1) is 10.2. The van der Waals surface area contributed by atoms with Crippen molar-refractivity contribution in [2.45, 2.75) is 33.0 Å². The van der Waals surface area contributed by atoms with Gasteiger partial charge in [-0.05, 0) is 27.0 Å². The normalized spacial score (nSPS) is 12.2. The van der Waals surface area contributed by atoms with Crippen molar-refractivity contribution in [1.29, 1.82) is 0 Å². The highest BCUT2D eigenvalue weighted by Gasteiger charge is 2.13. The summed E-state index contributed by atoms with van der Waals surface area (Å²) in [7, 11) is 3.57. The summed E-state index contributed by atoms with van der Waals surface area (Å²) in [6, 6.07) is 6.04. The van der Waals surface area contributed by atoms with Gasteiger partial charge in [-0.1, -0.05) is 6.07 Å². The predicted molar refractivity (Wildman–Crippen MR) is 80.5 cm³/mol. The molecule has 0 fully saturated rings. The predicted octanol–water partition coefficient (Wildman–Crippen LogP) is 2.17. The number of rotatable bonds is 7. The van der Waals surface area contributed by atoms with Gasteiger partial charge < -0.3 is 14.8 Å². The van der Waals surface area contributed by atoms with Crippen LogP contribution in [0.1, 0.15) is 31.3 Å². The van der Waals surface area contributed by atoms with Crippen LogP contribution in [0.5, 0.6) is 11.5 Å². The molecule has 0 bridgehead atoms. The molecular formula is C15H22N4O2. The highest BCUT2D eigenvalue weighted by atomic mass is 16.5. The van der Waals surface area contributed by atoms with Crippen LogP contribution in [0.4, 0.5) is 0 Å². The maximum Gasteiger partial charge on any atom is 0.164 e. The van der Waals surface area contributed by atoms with E-state index < -0.39 is 0 Å². The lowest BCUT2D eigenvalue weighted by Crippen LogP contribution is -2.14. The van der Waals surface area contributed by atoms with E-state index >= 15 is 0 Å². The third kappa shape index (κ3) is 3.52. The molecule has 1 aromatic heterocycles. The lowest BCUT2D eigenvalue weighted by molar-refractivity contribution is 0.280. The molecule has 0 aliphatic rings. The van der Waals surface area contributed by atoms with Crippen molar-refractivity contribution < 1.29 is 9.47 Å². The molecule has 0 aliphatic heterocycles. The summed E-state index contributed by atoms with van der Waals surface area (Å²) in [5, 5.41) is 7.36. The van der Waals surface area contributed by atoms with Crippen LogP contribution in [0.3, 0.4) is 0 Å². The summed E-state index contributed by atoms with van der Waals surface area (Å²) < 4.78 is 13.0. The second-order valence-electron chi connectivity index (χ2n) is 4.69. The Kier molecular flexibility index (Phi) is 5.16. The van der Waals surface area contributed by atoms with Crippen molar-refractivity contribution in [3.63, 3.8) is 0 Å². The lowest BCUT2D eigenvalue weighted by Gasteiger charge is -2.17. The van der Waals surface area contributed by atoms with Crippen molar-refractivity contribution in [3.8, 4) is 11.5 Å². The van der Waals surface area contributed by atoms with E-state index in [1.165, 1.54) is 0 Å². The first-order valence-electron chi connectivity index (χ1n) is 7.04. The Morgan fingerprint density at radius 3 is 2.86 bits per heavy atom. The third-order valence-electron chi connectivity index (χ3n) is 3.47. The molecule has 6 nitrogen and oxygen atoms in total. The van der Waals surface area contributed by atoms with E-state index in [1.54, 1.807) is 13.4 Å². The van der Waals surface area contributed by atoms with Crippen molar-refractivity contribution in [3.05, 3.63) is 35.9 Å². The van der Waals surface area contributed by atoms with E-state index in [2.05, 4.69) is 22.3 Å². The quantitative estimate of drug-likeness (QED) is 0.846. The van der Waals surface area contributed by atoms with Gasteiger partial charge in [0.05, 0.1) is 7.11 Å². The van der Waals surface area contributed by atoms with E-state index in [4.69, 9.17) is 9.47 Å². The number of hydrogen-bond acceptors (Lipinski definition) is 5. The van der Waals surface area contributed by atoms with E-state index in [9.17, 15) is 0 Å². The molecule has 6 heteroatoms. The fourth-order valence-electron chi connectivity index (χ4n) is 2.09. The molecule has 1 atom stereocenters. The Labute approximate surface area is 125 Å². The number of methoxy groups -OCH3 is 1. The molecule has 0 amide bonds. The number of hydrogen-bond donors (Lipinski definition) is 1. The van der Waals surface area contributed by atoms with Gasteiger partial charge in [0.1, 0.15) is 24.4 Å². The molecule has 2 aromatic rings. The zero-order valence-corrected chi connectivity index (χ0v) is 13.0. The average Bonchev–Trinajstić information content (AvgIpc) is 2.99. The van der Waals surface area contributed by atoms with Crippen LogP contribution < -0.4 is 14.8 Å². The molecule has 21 heavy (non-hydrogen) atoms. The molecule has 0 saturated heterocycles. The Morgan fingerprint density at radius 2 is 2.19 bits per heavy atom. The summed E-state index contributed by atoms with van der Waals surface area (Å²) in [6.07, 6.45) is 1.55. The Balaban J connectivity index is 2.20. The van der Waals surface area contributed by atoms with E-state index in [-0.39, 0.29) is 6.04 Å². The van der Waals surface area contributed by atoms with Gasteiger partial charge in [-0.15, -0.1) is 0 Å². The molecule has 1 aromatic carbocycles. The van der Waals surface area contributed by atoms with Gasteiger partial charge in [0.15, 0.2) is 5.82 Å². The minimum Gasteiger partial charge on any atom is -0.497 e. The van der Waals surface area contributed by atoms with E-state index in [0.29, 0.717) is 6.61 Å². The smallest absolute Gasteiger partial charge is 0.164 e. The van der Waals surface area contributed by atoms with Gasteiger partial charge in [-0.25, -0.2) is 9.67 Å². The Bertz CT molecular complexity index is 583. The largest absolute Gasteiger partial charge is 0.497 e. The molecule has 0 spiro atoms. The Morgan fingerprint density at radius 1 is 1.38 bits per heavy atom.